The van der Waals surface area contributed by atoms with Gasteiger partial charge < -0.3 is 19.4 Å². The number of ether oxygens (including phenoxy) is 2. The van der Waals surface area contributed by atoms with Crippen LogP contribution in [0.2, 0.25) is 0 Å². The number of carbonyl (C=O) groups is 2. The lowest BCUT2D eigenvalue weighted by molar-refractivity contribution is 0.0526. The van der Waals surface area contributed by atoms with Crippen molar-refractivity contribution in [2.75, 3.05) is 20.3 Å². The van der Waals surface area contributed by atoms with Gasteiger partial charge in [0, 0.05) is 30.8 Å². The zero-order valence-electron chi connectivity index (χ0n) is 16.5. The Hall–Kier alpha value is -2.19. The molecule has 1 unspecified atom stereocenters. The Morgan fingerprint density at radius 1 is 1.37 bits per heavy atom. The van der Waals surface area contributed by atoms with E-state index in [9.17, 15) is 9.59 Å². The molecule has 1 amide bonds. The molecule has 148 valence electrons. The third kappa shape index (κ3) is 4.95. The van der Waals surface area contributed by atoms with Gasteiger partial charge in [-0.1, -0.05) is 6.92 Å². The molecule has 0 radical (unpaired) electrons. The molecule has 27 heavy (non-hydrogen) atoms. The molecule has 0 saturated carbocycles. The van der Waals surface area contributed by atoms with Crippen molar-refractivity contribution in [3.63, 3.8) is 0 Å². The zero-order chi connectivity index (χ0) is 20.0. The summed E-state index contributed by atoms with van der Waals surface area (Å²) in [6.45, 7) is 9.06. The lowest BCUT2D eigenvalue weighted by Gasteiger charge is -2.12. The normalized spacial score (nSPS) is 12.0. The first kappa shape index (κ1) is 21.1. The number of hydrogen-bond acceptors (Lipinski definition) is 6. The summed E-state index contributed by atoms with van der Waals surface area (Å²) in [6.07, 6.45) is 0.858. The molecule has 0 saturated heterocycles. The van der Waals surface area contributed by atoms with Crippen LogP contribution in [0, 0.1) is 6.92 Å². The Balaban J connectivity index is 2.41. The fourth-order valence-corrected chi connectivity index (χ4v) is 3.34. The molecule has 2 aromatic heterocycles. The minimum Gasteiger partial charge on any atom is -0.461 e. The maximum atomic E-state index is 12.7. The minimum atomic E-state index is -0.435. The highest BCUT2D eigenvalue weighted by molar-refractivity contribution is 7.11. The Kier molecular flexibility index (Phi) is 7.55. The van der Waals surface area contributed by atoms with Crippen LogP contribution in [0.4, 0.5) is 0 Å². The van der Waals surface area contributed by atoms with Crippen LogP contribution in [0.1, 0.15) is 53.0 Å². The van der Waals surface area contributed by atoms with Gasteiger partial charge >= 0.3 is 5.97 Å². The van der Waals surface area contributed by atoms with Crippen molar-refractivity contribution < 1.29 is 19.1 Å². The quantitative estimate of drug-likeness (QED) is 0.661. The highest BCUT2D eigenvalue weighted by atomic mass is 32.1. The van der Waals surface area contributed by atoms with Crippen molar-refractivity contribution in [2.45, 2.75) is 46.7 Å². The molecule has 1 N–H and O–H groups in total. The van der Waals surface area contributed by atoms with Gasteiger partial charge in [-0.3, -0.25) is 4.79 Å². The number of rotatable bonds is 9. The molecular weight excluding hydrogens is 366 g/mol. The summed E-state index contributed by atoms with van der Waals surface area (Å²) >= 11 is 1.23. The molecule has 1 atom stereocenters. The van der Waals surface area contributed by atoms with Gasteiger partial charge in [-0.2, -0.15) is 0 Å². The van der Waals surface area contributed by atoms with E-state index < -0.39 is 5.97 Å². The Bertz CT molecular complexity index is 797. The average Bonchev–Trinajstić information content (AvgIpc) is 3.25. The number of thiazole rings is 1. The van der Waals surface area contributed by atoms with Crippen molar-refractivity contribution >= 4 is 23.2 Å². The predicted octanol–water partition coefficient (Wildman–Crippen LogP) is 3.27. The smallest absolute Gasteiger partial charge is 0.367 e. The van der Waals surface area contributed by atoms with Crippen LogP contribution in [0.3, 0.4) is 0 Å². The van der Waals surface area contributed by atoms with E-state index in [1.54, 1.807) is 19.4 Å². The maximum Gasteiger partial charge on any atom is 0.367 e. The first-order valence-corrected chi connectivity index (χ1v) is 9.93. The number of methoxy groups -OCH3 is 1. The molecule has 2 rings (SSSR count). The molecule has 0 aliphatic rings. The van der Waals surface area contributed by atoms with Gasteiger partial charge in [-0.25, -0.2) is 9.78 Å². The van der Waals surface area contributed by atoms with Crippen LogP contribution in [0.5, 0.6) is 0 Å². The van der Waals surface area contributed by atoms with Gasteiger partial charge in [0.1, 0.15) is 0 Å². The predicted molar refractivity (Wildman–Crippen MR) is 105 cm³/mol. The molecule has 7 nitrogen and oxygen atoms in total. The molecular formula is C19H27N3O4S. The third-order valence-corrected chi connectivity index (χ3v) is 5.16. The Morgan fingerprint density at radius 3 is 2.74 bits per heavy atom. The summed E-state index contributed by atoms with van der Waals surface area (Å²) in [5, 5.41) is 5.11. The topological polar surface area (TPSA) is 82.5 Å². The van der Waals surface area contributed by atoms with Crippen molar-refractivity contribution in [3.05, 3.63) is 27.7 Å². The number of carbonyl (C=O) groups excluding carboxylic acids is 2. The molecule has 0 bridgehead atoms. The van der Waals surface area contributed by atoms with Crippen molar-refractivity contribution in [1.29, 1.82) is 0 Å². The van der Waals surface area contributed by atoms with E-state index in [0.29, 0.717) is 36.0 Å². The lowest BCUT2D eigenvalue weighted by atomic mass is 10.2. The summed E-state index contributed by atoms with van der Waals surface area (Å²) in [7, 11) is 1.64. The number of aromatic nitrogens is 2. The van der Waals surface area contributed by atoms with Crippen LogP contribution >= 0.6 is 11.3 Å². The summed E-state index contributed by atoms with van der Waals surface area (Å²) < 4.78 is 12.2. The first-order chi connectivity index (χ1) is 12.9. The van der Waals surface area contributed by atoms with E-state index in [1.165, 1.54) is 11.3 Å². The molecule has 8 heteroatoms. The van der Waals surface area contributed by atoms with Gasteiger partial charge in [0.2, 0.25) is 5.01 Å². The van der Waals surface area contributed by atoms with E-state index >= 15 is 0 Å². The molecule has 0 aliphatic heterocycles. The number of amides is 1. The van der Waals surface area contributed by atoms with Gasteiger partial charge in [0.25, 0.3) is 5.91 Å². The number of hydrogen-bond donors (Lipinski definition) is 1. The standard InChI is InChI=1S/C19H27N3O4S/c1-6-12(3)20-17(23)14-10-16(22(13(14)4)8-9-25-5)15-11-27-18(21-15)19(24)26-7-2/h10-12H,6-9H2,1-5H3,(H,20,23). The monoisotopic (exact) mass is 393 g/mol. The van der Waals surface area contributed by atoms with E-state index in [2.05, 4.69) is 10.3 Å². The summed E-state index contributed by atoms with van der Waals surface area (Å²) in [6, 6.07) is 1.92. The highest BCUT2D eigenvalue weighted by Gasteiger charge is 2.22. The average molecular weight is 394 g/mol. The second kappa shape index (κ2) is 9.66. The van der Waals surface area contributed by atoms with Crippen molar-refractivity contribution in [2.24, 2.45) is 0 Å². The molecule has 0 fully saturated rings. The van der Waals surface area contributed by atoms with Gasteiger partial charge in [-0.15, -0.1) is 11.3 Å². The van der Waals surface area contributed by atoms with Crippen LogP contribution < -0.4 is 5.32 Å². The number of nitrogens with one attached hydrogen (secondary N) is 1. The lowest BCUT2D eigenvalue weighted by Crippen LogP contribution is -2.32. The summed E-state index contributed by atoms with van der Waals surface area (Å²) in [4.78, 5) is 29.0. The SMILES string of the molecule is CCOC(=O)c1nc(-c2cc(C(=O)NC(C)CC)c(C)n2CCOC)cs1. The Labute approximate surface area is 163 Å². The number of esters is 1. The summed E-state index contributed by atoms with van der Waals surface area (Å²) in [5.41, 5.74) is 2.87. The number of nitrogens with zero attached hydrogens (tertiary/aromatic N) is 2. The third-order valence-electron chi connectivity index (χ3n) is 4.34. The second-order valence-corrected chi connectivity index (χ2v) is 7.07. The van der Waals surface area contributed by atoms with Gasteiger partial charge in [-0.05, 0) is 33.3 Å². The molecule has 2 heterocycles. The Morgan fingerprint density at radius 2 is 2.11 bits per heavy atom. The molecule has 2 aromatic rings. The van der Waals surface area contributed by atoms with Crippen LogP contribution in [-0.2, 0) is 16.0 Å². The van der Waals surface area contributed by atoms with Crippen molar-refractivity contribution in [3.8, 4) is 11.4 Å². The second-order valence-electron chi connectivity index (χ2n) is 6.21. The van der Waals surface area contributed by atoms with E-state index in [0.717, 1.165) is 17.8 Å². The molecule has 0 aliphatic carbocycles. The van der Waals surface area contributed by atoms with Gasteiger partial charge in [0.05, 0.1) is 30.2 Å². The highest BCUT2D eigenvalue weighted by Crippen LogP contribution is 2.28. The minimum absolute atomic E-state index is 0.0948. The van der Waals surface area contributed by atoms with E-state index in [4.69, 9.17) is 9.47 Å². The van der Waals surface area contributed by atoms with Crippen molar-refractivity contribution in [1.82, 2.24) is 14.9 Å². The fraction of sp³-hybridized carbons (Fsp3) is 0.526. The maximum absolute atomic E-state index is 12.7. The van der Waals surface area contributed by atoms with Crippen LogP contribution in [0.25, 0.3) is 11.4 Å². The van der Waals surface area contributed by atoms with Crippen LogP contribution in [-0.4, -0.2) is 47.8 Å². The van der Waals surface area contributed by atoms with Crippen LogP contribution in [0.15, 0.2) is 11.4 Å². The largest absolute Gasteiger partial charge is 0.461 e. The molecule has 0 spiro atoms. The fourth-order valence-electron chi connectivity index (χ4n) is 2.64. The van der Waals surface area contributed by atoms with E-state index in [1.807, 2.05) is 31.4 Å². The van der Waals surface area contributed by atoms with Gasteiger partial charge in [0.15, 0.2) is 0 Å². The van der Waals surface area contributed by atoms with E-state index in [-0.39, 0.29) is 11.9 Å². The summed E-state index contributed by atoms with van der Waals surface area (Å²) in [5.74, 6) is -0.546. The molecule has 0 aromatic carbocycles. The first-order valence-electron chi connectivity index (χ1n) is 9.05. The zero-order valence-corrected chi connectivity index (χ0v) is 17.3.